The van der Waals surface area contributed by atoms with Crippen molar-refractivity contribution in [2.24, 2.45) is 5.10 Å². The smallest absolute Gasteiger partial charge is 0.311 e. The van der Waals surface area contributed by atoms with Crippen LogP contribution in [0.4, 0.5) is 5.69 Å². The average molecular weight is 375 g/mol. The van der Waals surface area contributed by atoms with Crippen molar-refractivity contribution >= 4 is 17.8 Å². The van der Waals surface area contributed by atoms with E-state index in [4.69, 9.17) is 14.2 Å². The lowest BCUT2D eigenvalue weighted by atomic mass is 10.1. The lowest BCUT2D eigenvalue weighted by Crippen LogP contribution is -2.17. The molecule has 0 aliphatic carbocycles. The molecule has 0 spiro atoms. The van der Waals surface area contributed by atoms with Crippen LogP contribution in [-0.2, 0) is 0 Å². The van der Waals surface area contributed by atoms with Crippen molar-refractivity contribution in [3.05, 3.63) is 51.6 Å². The van der Waals surface area contributed by atoms with Gasteiger partial charge in [-0.15, -0.1) is 0 Å². The van der Waals surface area contributed by atoms with Crippen LogP contribution in [0.5, 0.6) is 23.0 Å². The Kier molecular flexibility index (Phi) is 6.15. The van der Waals surface area contributed by atoms with Gasteiger partial charge in [0, 0.05) is 23.8 Å². The SMILES string of the molecule is COc1ccc(C(=O)N/N=C\c2cc([N+](=O)[O-])c(OC)cc2OC)c(O)c1. The van der Waals surface area contributed by atoms with Crippen LogP contribution < -0.4 is 19.6 Å². The highest BCUT2D eigenvalue weighted by Crippen LogP contribution is 2.33. The van der Waals surface area contributed by atoms with Gasteiger partial charge in [0.2, 0.25) is 5.75 Å². The number of hydrogen-bond acceptors (Lipinski definition) is 8. The van der Waals surface area contributed by atoms with Gasteiger partial charge in [0.05, 0.1) is 38.0 Å². The van der Waals surface area contributed by atoms with Crippen molar-refractivity contribution in [2.45, 2.75) is 0 Å². The molecule has 0 aliphatic rings. The number of phenolic OH excluding ortho intramolecular Hbond substituents is 1. The van der Waals surface area contributed by atoms with E-state index < -0.39 is 10.8 Å². The molecule has 2 aromatic carbocycles. The van der Waals surface area contributed by atoms with E-state index in [1.807, 2.05) is 0 Å². The van der Waals surface area contributed by atoms with E-state index in [9.17, 15) is 20.0 Å². The molecule has 27 heavy (non-hydrogen) atoms. The number of carbonyl (C=O) groups is 1. The highest BCUT2D eigenvalue weighted by atomic mass is 16.6. The third-order valence-corrected chi connectivity index (χ3v) is 3.55. The molecule has 0 saturated carbocycles. The first-order valence-electron chi connectivity index (χ1n) is 7.52. The van der Waals surface area contributed by atoms with Crippen molar-refractivity contribution in [3.63, 3.8) is 0 Å². The van der Waals surface area contributed by atoms with Gasteiger partial charge >= 0.3 is 5.69 Å². The number of nitro groups is 1. The van der Waals surface area contributed by atoms with E-state index >= 15 is 0 Å². The molecule has 2 rings (SSSR count). The van der Waals surface area contributed by atoms with Crippen LogP contribution in [-0.4, -0.2) is 43.5 Å². The molecule has 0 aromatic heterocycles. The minimum absolute atomic E-state index is 0.0133. The second-order valence-corrected chi connectivity index (χ2v) is 5.11. The maximum absolute atomic E-state index is 12.1. The molecule has 0 bridgehead atoms. The number of hydrogen-bond donors (Lipinski definition) is 2. The molecule has 0 saturated heterocycles. The molecule has 142 valence electrons. The average Bonchev–Trinajstić information content (AvgIpc) is 2.66. The molecular weight excluding hydrogens is 358 g/mol. The Morgan fingerprint density at radius 2 is 1.85 bits per heavy atom. The Hall–Kier alpha value is -3.82. The van der Waals surface area contributed by atoms with Crippen molar-refractivity contribution < 1.29 is 29.0 Å². The van der Waals surface area contributed by atoms with Crippen molar-refractivity contribution in [1.29, 1.82) is 0 Å². The molecule has 0 unspecified atom stereocenters. The number of methoxy groups -OCH3 is 3. The summed E-state index contributed by atoms with van der Waals surface area (Å²) in [5.41, 5.74) is 2.19. The Bertz CT molecular complexity index is 896. The quantitative estimate of drug-likeness (QED) is 0.430. The standard InChI is InChI=1S/C17H17N3O7/c1-25-11-4-5-12(14(21)7-11)17(22)19-18-9-10-6-13(20(23)24)16(27-3)8-15(10)26-2/h4-9,21H,1-3H3,(H,19,22)/b18-9-. The van der Waals surface area contributed by atoms with Crippen LogP contribution in [0.3, 0.4) is 0 Å². The zero-order chi connectivity index (χ0) is 20.0. The second kappa shape index (κ2) is 8.52. The summed E-state index contributed by atoms with van der Waals surface area (Å²) < 4.78 is 15.1. The Labute approximate surface area is 154 Å². The third kappa shape index (κ3) is 4.42. The number of rotatable bonds is 7. The molecule has 0 fully saturated rings. The third-order valence-electron chi connectivity index (χ3n) is 3.55. The number of nitrogens with one attached hydrogen (secondary N) is 1. The lowest BCUT2D eigenvalue weighted by Gasteiger charge is -2.08. The molecule has 1 amide bonds. The van der Waals surface area contributed by atoms with E-state index in [0.717, 1.165) is 0 Å². The van der Waals surface area contributed by atoms with Crippen molar-refractivity contribution in [3.8, 4) is 23.0 Å². The summed E-state index contributed by atoms with van der Waals surface area (Å²) in [6.07, 6.45) is 1.18. The predicted octanol–water partition coefficient (Wildman–Crippen LogP) is 2.09. The fourth-order valence-electron chi connectivity index (χ4n) is 2.20. The van der Waals surface area contributed by atoms with Crippen LogP contribution in [0.2, 0.25) is 0 Å². The van der Waals surface area contributed by atoms with Gasteiger partial charge in [-0.25, -0.2) is 5.43 Å². The van der Waals surface area contributed by atoms with Crippen LogP contribution in [0, 0.1) is 10.1 Å². The largest absolute Gasteiger partial charge is 0.507 e. The van der Waals surface area contributed by atoms with Crippen molar-refractivity contribution in [1.82, 2.24) is 5.43 Å². The fourth-order valence-corrected chi connectivity index (χ4v) is 2.20. The fraction of sp³-hybridized carbons (Fsp3) is 0.176. The summed E-state index contributed by atoms with van der Waals surface area (Å²) >= 11 is 0. The maximum atomic E-state index is 12.1. The summed E-state index contributed by atoms with van der Waals surface area (Å²) in [5.74, 6) is -0.264. The Balaban J connectivity index is 2.23. The van der Waals surface area contributed by atoms with Crippen LogP contribution in [0.15, 0.2) is 35.4 Å². The number of nitro benzene ring substituents is 1. The summed E-state index contributed by atoms with van der Waals surface area (Å²) in [6.45, 7) is 0. The molecular formula is C17H17N3O7. The second-order valence-electron chi connectivity index (χ2n) is 5.11. The van der Waals surface area contributed by atoms with E-state index in [1.54, 1.807) is 0 Å². The van der Waals surface area contributed by atoms with Gasteiger partial charge in [0.15, 0.2) is 0 Å². The normalized spacial score (nSPS) is 10.5. The molecule has 0 heterocycles. The number of hydrazone groups is 1. The highest BCUT2D eigenvalue weighted by molar-refractivity contribution is 5.97. The summed E-state index contributed by atoms with van der Waals surface area (Å²) in [4.78, 5) is 22.6. The van der Waals surface area contributed by atoms with E-state index in [2.05, 4.69) is 10.5 Å². The monoisotopic (exact) mass is 375 g/mol. The van der Waals surface area contributed by atoms with Crippen molar-refractivity contribution in [2.75, 3.05) is 21.3 Å². The van der Waals surface area contributed by atoms with Gasteiger partial charge in [0.1, 0.15) is 17.2 Å². The lowest BCUT2D eigenvalue weighted by molar-refractivity contribution is -0.385. The Morgan fingerprint density at radius 3 is 2.41 bits per heavy atom. The zero-order valence-corrected chi connectivity index (χ0v) is 14.8. The number of carbonyl (C=O) groups excluding carboxylic acids is 1. The van der Waals surface area contributed by atoms with Crippen LogP contribution in [0.25, 0.3) is 0 Å². The minimum Gasteiger partial charge on any atom is -0.507 e. The highest BCUT2D eigenvalue weighted by Gasteiger charge is 2.19. The predicted molar refractivity (Wildman–Crippen MR) is 95.9 cm³/mol. The number of nitrogens with zero attached hydrogens (tertiary/aromatic N) is 2. The first-order valence-corrected chi connectivity index (χ1v) is 7.52. The summed E-state index contributed by atoms with van der Waals surface area (Å²) in [7, 11) is 4.11. The minimum atomic E-state index is -0.673. The molecule has 2 aromatic rings. The van der Waals surface area contributed by atoms with Gasteiger partial charge in [-0.1, -0.05) is 0 Å². The zero-order valence-electron chi connectivity index (χ0n) is 14.8. The van der Waals surface area contributed by atoms with Gasteiger partial charge in [-0.05, 0) is 12.1 Å². The van der Waals surface area contributed by atoms with Gasteiger partial charge in [0.25, 0.3) is 5.91 Å². The number of amides is 1. The van der Waals surface area contributed by atoms with E-state index in [-0.39, 0.29) is 34.1 Å². The molecule has 0 atom stereocenters. The molecule has 10 nitrogen and oxygen atoms in total. The number of aromatic hydroxyl groups is 1. The first kappa shape index (κ1) is 19.5. The molecule has 0 radical (unpaired) electrons. The number of benzene rings is 2. The molecule has 2 N–H and O–H groups in total. The number of phenols is 1. The van der Waals surface area contributed by atoms with Crippen LogP contribution >= 0.6 is 0 Å². The Morgan fingerprint density at radius 1 is 1.15 bits per heavy atom. The summed E-state index contributed by atoms with van der Waals surface area (Å²) in [5, 5.41) is 24.7. The topological polar surface area (TPSA) is 133 Å². The van der Waals surface area contributed by atoms with Crippen LogP contribution in [0.1, 0.15) is 15.9 Å². The van der Waals surface area contributed by atoms with Gasteiger partial charge < -0.3 is 19.3 Å². The molecule has 10 heteroatoms. The first-order chi connectivity index (χ1) is 12.9. The molecule has 0 aliphatic heterocycles. The van der Waals surface area contributed by atoms with E-state index in [0.29, 0.717) is 5.75 Å². The maximum Gasteiger partial charge on any atom is 0.311 e. The van der Waals surface area contributed by atoms with E-state index in [1.165, 1.54) is 57.9 Å². The van der Waals surface area contributed by atoms with Gasteiger partial charge in [-0.2, -0.15) is 5.10 Å². The summed E-state index contributed by atoms with van der Waals surface area (Å²) in [6, 6.07) is 6.72. The van der Waals surface area contributed by atoms with Gasteiger partial charge in [-0.3, -0.25) is 14.9 Å². The number of ether oxygens (including phenoxy) is 3.